The molecular weight excluding hydrogens is 312 g/mol. The summed E-state index contributed by atoms with van der Waals surface area (Å²) in [7, 11) is 0. The molecule has 0 atom stereocenters. The van der Waals surface area contributed by atoms with Crippen molar-refractivity contribution >= 4 is 23.1 Å². The molecular formula is C19H17ClO3. The number of carbonyl (C=O) groups is 1. The van der Waals surface area contributed by atoms with E-state index in [0.717, 1.165) is 28.5 Å². The molecule has 2 rings (SSSR count). The fourth-order valence-corrected chi connectivity index (χ4v) is 2.24. The molecule has 0 radical (unpaired) electrons. The summed E-state index contributed by atoms with van der Waals surface area (Å²) < 4.78 is 5.45. The number of benzene rings is 2. The third kappa shape index (κ3) is 5.01. The second kappa shape index (κ2) is 8.20. The number of allylic oxidation sites excluding steroid dienone is 2. The summed E-state index contributed by atoms with van der Waals surface area (Å²) in [6, 6.07) is 15.1. The van der Waals surface area contributed by atoms with Gasteiger partial charge >= 0.3 is 5.97 Å². The minimum absolute atomic E-state index is 0.612. The van der Waals surface area contributed by atoms with Crippen molar-refractivity contribution in [1.29, 1.82) is 0 Å². The highest BCUT2D eigenvalue weighted by Gasteiger charge is 2.05. The number of rotatable bonds is 6. The number of hydrogen-bond donors (Lipinski definition) is 1. The topological polar surface area (TPSA) is 46.5 Å². The highest BCUT2D eigenvalue weighted by atomic mass is 35.5. The molecule has 1 N–H and O–H groups in total. The molecule has 118 valence electrons. The van der Waals surface area contributed by atoms with Crippen LogP contribution >= 0.6 is 11.6 Å². The maximum atomic E-state index is 10.7. The van der Waals surface area contributed by atoms with Crippen molar-refractivity contribution in [1.82, 2.24) is 0 Å². The summed E-state index contributed by atoms with van der Waals surface area (Å²) in [5, 5.41) is 9.40. The van der Waals surface area contributed by atoms with Crippen molar-refractivity contribution in [2.45, 2.75) is 6.92 Å². The van der Waals surface area contributed by atoms with Crippen LogP contribution in [0, 0.1) is 0 Å². The maximum absolute atomic E-state index is 10.7. The Hall–Kier alpha value is -2.52. The lowest BCUT2D eigenvalue weighted by atomic mass is 9.97. The lowest BCUT2D eigenvalue weighted by molar-refractivity contribution is -0.131. The van der Waals surface area contributed by atoms with Crippen LogP contribution in [-0.2, 0) is 4.79 Å². The zero-order chi connectivity index (χ0) is 16.7. The van der Waals surface area contributed by atoms with Crippen LogP contribution in [0.25, 0.3) is 5.57 Å². The Bertz CT molecular complexity index is 713. The van der Waals surface area contributed by atoms with Gasteiger partial charge in [-0.25, -0.2) is 4.79 Å². The number of halogens is 1. The molecule has 0 aliphatic carbocycles. The van der Waals surface area contributed by atoms with Gasteiger partial charge in [0.05, 0.1) is 6.61 Å². The Morgan fingerprint density at radius 2 is 1.65 bits per heavy atom. The lowest BCUT2D eigenvalue weighted by Crippen LogP contribution is -1.92. The molecule has 0 unspecified atom stereocenters. The van der Waals surface area contributed by atoms with E-state index in [1.54, 1.807) is 18.2 Å². The van der Waals surface area contributed by atoms with Crippen molar-refractivity contribution in [2.75, 3.05) is 6.61 Å². The number of ether oxygens (including phenoxy) is 1. The van der Waals surface area contributed by atoms with Crippen LogP contribution in [0.4, 0.5) is 0 Å². The van der Waals surface area contributed by atoms with Gasteiger partial charge in [-0.15, -0.1) is 0 Å². The highest BCUT2D eigenvalue weighted by Crippen LogP contribution is 2.26. The van der Waals surface area contributed by atoms with Crippen molar-refractivity contribution in [3.63, 3.8) is 0 Å². The summed E-state index contributed by atoms with van der Waals surface area (Å²) in [6.07, 6.45) is 4.39. The van der Waals surface area contributed by atoms with Crippen LogP contribution in [0.15, 0.2) is 66.8 Å². The molecule has 2 aromatic rings. The first-order valence-electron chi connectivity index (χ1n) is 7.20. The maximum Gasteiger partial charge on any atom is 0.328 e. The highest BCUT2D eigenvalue weighted by molar-refractivity contribution is 6.30. The number of carboxylic acid groups (broad SMARTS) is 1. The number of aliphatic carboxylic acids is 1. The van der Waals surface area contributed by atoms with Gasteiger partial charge in [0.25, 0.3) is 0 Å². The number of hydrogen-bond acceptors (Lipinski definition) is 2. The largest absolute Gasteiger partial charge is 0.494 e. The average molecular weight is 329 g/mol. The van der Waals surface area contributed by atoms with Gasteiger partial charge in [-0.2, -0.15) is 0 Å². The summed E-state index contributed by atoms with van der Waals surface area (Å²) in [6.45, 7) is 2.55. The van der Waals surface area contributed by atoms with Crippen LogP contribution in [0.2, 0.25) is 5.02 Å². The SMILES string of the molecule is CCOc1ccc(C(=CC=CC(=O)O)c2ccc(Cl)cc2)cc1. The molecule has 23 heavy (non-hydrogen) atoms. The molecule has 0 amide bonds. The second-order valence-electron chi connectivity index (χ2n) is 4.74. The second-order valence-corrected chi connectivity index (χ2v) is 5.18. The summed E-state index contributed by atoms with van der Waals surface area (Å²) in [4.78, 5) is 10.7. The molecule has 4 heteroatoms. The normalized spacial score (nSPS) is 11.7. The molecule has 0 bridgehead atoms. The van der Waals surface area contributed by atoms with Gasteiger partial charge in [-0.05, 0) is 47.9 Å². The molecule has 2 aromatic carbocycles. The van der Waals surface area contributed by atoms with Crippen LogP contribution in [-0.4, -0.2) is 17.7 Å². The standard InChI is InChI=1S/C19H17ClO3/c1-2-23-17-12-8-15(9-13-17)18(4-3-5-19(21)22)14-6-10-16(20)11-7-14/h3-13H,2H2,1H3,(H,21,22). The van der Waals surface area contributed by atoms with Crippen molar-refractivity contribution in [2.24, 2.45) is 0 Å². The molecule has 3 nitrogen and oxygen atoms in total. The average Bonchev–Trinajstić information content (AvgIpc) is 2.54. The first-order chi connectivity index (χ1) is 11.1. The quantitative estimate of drug-likeness (QED) is 0.611. The predicted molar refractivity (Wildman–Crippen MR) is 92.9 cm³/mol. The number of carboxylic acids is 1. The molecule has 0 aliphatic rings. The van der Waals surface area contributed by atoms with Gasteiger partial charge < -0.3 is 9.84 Å². The van der Waals surface area contributed by atoms with E-state index in [0.29, 0.717) is 11.6 Å². The van der Waals surface area contributed by atoms with E-state index in [1.165, 1.54) is 6.08 Å². The Morgan fingerprint density at radius 3 is 2.17 bits per heavy atom. The molecule has 0 heterocycles. The third-order valence-electron chi connectivity index (χ3n) is 3.13. The van der Waals surface area contributed by atoms with Crippen LogP contribution in [0.1, 0.15) is 18.1 Å². The van der Waals surface area contributed by atoms with Gasteiger partial charge in [-0.1, -0.05) is 48.0 Å². The van der Waals surface area contributed by atoms with Gasteiger partial charge in [0.1, 0.15) is 5.75 Å². The van der Waals surface area contributed by atoms with Gasteiger partial charge in [0, 0.05) is 11.1 Å². The van der Waals surface area contributed by atoms with E-state index in [2.05, 4.69) is 0 Å². The summed E-state index contributed by atoms with van der Waals surface area (Å²) >= 11 is 5.94. The van der Waals surface area contributed by atoms with Gasteiger partial charge in [0.2, 0.25) is 0 Å². The van der Waals surface area contributed by atoms with Gasteiger partial charge in [-0.3, -0.25) is 0 Å². The van der Waals surface area contributed by atoms with Crippen LogP contribution in [0.5, 0.6) is 5.75 Å². The zero-order valence-electron chi connectivity index (χ0n) is 12.7. The lowest BCUT2D eigenvalue weighted by Gasteiger charge is -2.09. The third-order valence-corrected chi connectivity index (χ3v) is 3.39. The minimum atomic E-state index is -0.983. The molecule has 0 fully saturated rings. The first-order valence-corrected chi connectivity index (χ1v) is 7.58. The van der Waals surface area contributed by atoms with Crippen LogP contribution in [0.3, 0.4) is 0 Å². The first kappa shape index (κ1) is 16.8. The van der Waals surface area contributed by atoms with E-state index >= 15 is 0 Å². The molecule has 0 aliphatic heterocycles. The van der Waals surface area contributed by atoms with E-state index < -0.39 is 5.97 Å². The smallest absolute Gasteiger partial charge is 0.328 e. The summed E-state index contributed by atoms with van der Waals surface area (Å²) in [5.74, 6) is -0.184. The van der Waals surface area contributed by atoms with Crippen LogP contribution < -0.4 is 4.74 Å². The zero-order valence-corrected chi connectivity index (χ0v) is 13.5. The summed E-state index contributed by atoms with van der Waals surface area (Å²) in [5.41, 5.74) is 2.82. The van der Waals surface area contributed by atoms with Gasteiger partial charge in [0.15, 0.2) is 0 Å². The van der Waals surface area contributed by atoms with E-state index in [9.17, 15) is 4.79 Å². The molecule has 0 saturated carbocycles. The predicted octanol–water partition coefficient (Wildman–Crippen LogP) is 4.81. The van der Waals surface area contributed by atoms with E-state index in [4.69, 9.17) is 21.4 Å². The Morgan fingerprint density at radius 1 is 1.09 bits per heavy atom. The monoisotopic (exact) mass is 328 g/mol. The molecule has 0 spiro atoms. The molecule has 0 saturated heterocycles. The van der Waals surface area contributed by atoms with E-state index in [1.807, 2.05) is 43.3 Å². The van der Waals surface area contributed by atoms with Crippen molar-refractivity contribution in [3.05, 3.63) is 82.9 Å². The Balaban J connectivity index is 2.40. The fraction of sp³-hybridized carbons (Fsp3) is 0.105. The van der Waals surface area contributed by atoms with Crippen molar-refractivity contribution in [3.8, 4) is 5.75 Å². The van der Waals surface area contributed by atoms with E-state index in [-0.39, 0.29) is 0 Å². The minimum Gasteiger partial charge on any atom is -0.494 e. The molecule has 0 aromatic heterocycles. The Kier molecular flexibility index (Phi) is 6.01. The van der Waals surface area contributed by atoms with Crippen molar-refractivity contribution < 1.29 is 14.6 Å². The fourth-order valence-electron chi connectivity index (χ4n) is 2.11. The Labute approximate surface area is 140 Å².